The Morgan fingerprint density at radius 2 is 0.730 bits per heavy atom. The van der Waals surface area contributed by atoms with Crippen LogP contribution in [0.1, 0.15) is 316 Å². The summed E-state index contributed by atoms with van der Waals surface area (Å²) in [6.07, 6.45) is 62.2. The summed E-state index contributed by atoms with van der Waals surface area (Å²) in [5, 5.41) is 23.1. The van der Waals surface area contributed by atoms with Crippen molar-refractivity contribution in [1.29, 1.82) is 0 Å². The highest BCUT2D eigenvalue weighted by Crippen LogP contribution is 2.17. The van der Waals surface area contributed by atoms with Crippen LogP contribution in [-0.4, -0.2) is 47.4 Å². The van der Waals surface area contributed by atoms with Gasteiger partial charge >= 0.3 is 5.97 Å². The summed E-state index contributed by atoms with van der Waals surface area (Å²) in [4.78, 5) is 24.5. The summed E-state index contributed by atoms with van der Waals surface area (Å²) in [5.41, 5.74) is 0. The molecule has 0 rings (SSSR count). The first kappa shape index (κ1) is 61.6. The summed E-state index contributed by atoms with van der Waals surface area (Å²) < 4.78 is 5.47. The molecule has 0 saturated carbocycles. The number of hydrogen-bond acceptors (Lipinski definition) is 5. The molecule has 0 aromatic rings. The number of allylic oxidation sites excluding steroid dienone is 1. The van der Waals surface area contributed by atoms with Gasteiger partial charge in [0.25, 0.3) is 0 Å². The Morgan fingerprint density at radius 3 is 1.08 bits per heavy atom. The van der Waals surface area contributed by atoms with Gasteiger partial charge in [-0.05, 0) is 32.1 Å². The molecule has 1 amide bonds. The van der Waals surface area contributed by atoms with E-state index in [4.69, 9.17) is 4.74 Å². The van der Waals surface area contributed by atoms with Crippen LogP contribution >= 0.6 is 0 Å². The molecule has 0 aromatic heterocycles. The quantitative estimate of drug-likeness (QED) is 0.0321. The van der Waals surface area contributed by atoms with Crippen molar-refractivity contribution in [3.05, 3.63) is 12.2 Å². The van der Waals surface area contributed by atoms with E-state index >= 15 is 0 Å². The molecule has 0 aliphatic carbocycles. The Hall–Kier alpha value is -1.40. The molecule has 0 heterocycles. The molecule has 0 radical (unpaired) electrons. The minimum Gasteiger partial charge on any atom is -0.466 e. The van der Waals surface area contributed by atoms with Gasteiger partial charge in [0.2, 0.25) is 5.91 Å². The first-order chi connectivity index (χ1) is 31.0. The summed E-state index contributed by atoms with van der Waals surface area (Å²) in [6.45, 7) is 4.91. The normalized spacial score (nSPS) is 12.6. The second-order valence-corrected chi connectivity index (χ2v) is 19.6. The van der Waals surface area contributed by atoms with E-state index in [1.807, 2.05) is 6.08 Å². The maximum Gasteiger partial charge on any atom is 0.305 e. The predicted molar refractivity (Wildman–Crippen MR) is 273 cm³/mol. The number of esters is 1. The van der Waals surface area contributed by atoms with Crippen molar-refractivity contribution in [2.24, 2.45) is 0 Å². The lowest BCUT2D eigenvalue weighted by molar-refractivity contribution is -0.143. The number of carbonyl (C=O) groups excluding carboxylic acids is 2. The van der Waals surface area contributed by atoms with Crippen LogP contribution in [0.3, 0.4) is 0 Å². The number of carbonyl (C=O) groups is 2. The highest BCUT2D eigenvalue weighted by atomic mass is 16.5. The van der Waals surface area contributed by atoms with Crippen molar-refractivity contribution >= 4 is 11.9 Å². The molecule has 6 heteroatoms. The average molecular weight is 891 g/mol. The maximum atomic E-state index is 12.5. The molecule has 63 heavy (non-hydrogen) atoms. The van der Waals surface area contributed by atoms with Crippen molar-refractivity contribution in [3.8, 4) is 0 Å². The molecule has 0 aromatic carbocycles. The molecule has 374 valence electrons. The standard InChI is InChI=1S/C57H111NO5/c1-3-5-7-9-11-13-15-17-19-22-25-29-33-37-41-45-49-55(60)54(53-59)58-56(61)50-46-42-38-34-30-26-23-20-21-24-28-32-36-40-44-48-52-63-57(62)51-47-43-39-35-31-27-18-16-14-12-10-8-6-4-2/h45,49,54-55,59-60H,3-44,46-48,50-53H2,1-2H3,(H,58,61)/b49-45+. The summed E-state index contributed by atoms with van der Waals surface area (Å²) in [7, 11) is 0. The van der Waals surface area contributed by atoms with Crippen molar-refractivity contribution in [3.63, 3.8) is 0 Å². The molecule has 0 aliphatic heterocycles. The number of aliphatic hydroxyl groups is 2. The minimum absolute atomic E-state index is 0.00488. The number of ether oxygens (including phenoxy) is 1. The van der Waals surface area contributed by atoms with Crippen LogP contribution in [0.4, 0.5) is 0 Å². The van der Waals surface area contributed by atoms with Crippen LogP contribution in [0.25, 0.3) is 0 Å². The molecule has 0 saturated heterocycles. The molecule has 0 bridgehead atoms. The van der Waals surface area contributed by atoms with Crippen LogP contribution in [0.5, 0.6) is 0 Å². The van der Waals surface area contributed by atoms with E-state index in [0.29, 0.717) is 19.4 Å². The number of hydrogen-bond donors (Lipinski definition) is 3. The third kappa shape index (κ3) is 49.9. The molecule has 0 spiro atoms. The van der Waals surface area contributed by atoms with Gasteiger partial charge in [-0.2, -0.15) is 0 Å². The van der Waals surface area contributed by atoms with Gasteiger partial charge in [0.05, 0.1) is 25.4 Å². The SMILES string of the molecule is CCCCCCCCCCCCCCCC/C=C/C(O)C(CO)NC(=O)CCCCCCCCCCCCCCCCCCOC(=O)CCCCCCCCCCCCCCCC. The summed E-state index contributed by atoms with van der Waals surface area (Å²) in [6, 6.07) is -0.632. The van der Waals surface area contributed by atoms with Gasteiger partial charge in [-0.1, -0.05) is 283 Å². The van der Waals surface area contributed by atoms with Gasteiger partial charge in [0.1, 0.15) is 0 Å². The minimum atomic E-state index is -0.848. The number of amides is 1. The fourth-order valence-corrected chi connectivity index (χ4v) is 8.93. The highest BCUT2D eigenvalue weighted by molar-refractivity contribution is 5.76. The van der Waals surface area contributed by atoms with E-state index in [1.165, 1.54) is 244 Å². The van der Waals surface area contributed by atoms with Gasteiger partial charge in [-0.25, -0.2) is 0 Å². The number of aliphatic hydroxyl groups excluding tert-OH is 2. The van der Waals surface area contributed by atoms with Crippen molar-refractivity contribution < 1.29 is 24.5 Å². The zero-order chi connectivity index (χ0) is 45.8. The molecule has 6 nitrogen and oxygen atoms in total. The van der Waals surface area contributed by atoms with Crippen molar-refractivity contribution in [1.82, 2.24) is 5.32 Å². The lowest BCUT2D eigenvalue weighted by Crippen LogP contribution is -2.45. The van der Waals surface area contributed by atoms with Gasteiger partial charge in [0, 0.05) is 12.8 Å². The number of rotatable bonds is 53. The molecular formula is C57H111NO5. The monoisotopic (exact) mass is 890 g/mol. The van der Waals surface area contributed by atoms with Gasteiger partial charge in [-0.3, -0.25) is 9.59 Å². The molecular weight excluding hydrogens is 779 g/mol. The Bertz CT molecular complexity index is 939. The van der Waals surface area contributed by atoms with Crippen molar-refractivity contribution in [2.45, 2.75) is 328 Å². The van der Waals surface area contributed by atoms with E-state index < -0.39 is 12.1 Å². The van der Waals surface area contributed by atoms with E-state index in [9.17, 15) is 19.8 Å². The van der Waals surface area contributed by atoms with Crippen LogP contribution < -0.4 is 5.32 Å². The molecule has 0 aliphatic rings. The van der Waals surface area contributed by atoms with Crippen molar-refractivity contribution in [2.75, 3.05) is 13.2 Å². The lowest BCUT2D eigenvalue weighted by Gasteiger charge is -2.20. The largest absolute Gasteiger partial charge is 0.466 e. The molecule has 3 N–H and O–H groups in total. The Balaban J connectivity index is 3.44. The number of unbranched alkanes of at least 4 members (excludes halogenated alkanes) is 42. The van der Waals surface area contributed by atoms with Crippen LogP contribution in [0, 0.1) is 0 Å². The van der Waals surface area contributed by atoms with Crippen LogP contribution in [0.2, 0.25) is 0 Å². The second kappa shape index (κ2) is 53.2. The third-order valence-electron chi connectivity index (χ3n) is 13.3. The first-order valence-electron chi connectivity index (χ1n) is 28.5. The van der Waals surface area contributed by atoms with Gasteiger partial charge in [0.15, 0.2) is 0 Å². The Kier molecular flexibility index (Phi) is 52.0. The Labute approximate surface area is 393 Å². The maximum absolute atomic E-state index is 12.5. The highest BCUT2D eigenvalue weighted by Gasteiger charge is 2.18. The Morgan fingerprint density at radius 1 is 0.429 bits per heavy atom. The second-order valence-electron chi connectivity index (χ2n) is 19.6. The number of nitrogens with one attached hydrogen (secondary N) is 1. The fourth-order valence-electron chi connectivity index (χ4n) is 8.93. The predicted octanol–water partition coefficient (Wildman–Crippen LogP) is 17.3. The van der Waals surface area contributed by atoms with E-state index in [1.54, 1.807) is 6.08 Å². The molecule has 0 fully saturated rings. The topological polar surface area (TPSA) is 95.9 Å². The zero-order valence-electron chi connectivity index (χ0n) is 42.6. The molecule has 2 atom stereocenters. The van der Waals surface area contributed by atoms with Gasteiger partial charge in [-0.15, -0.1) is 0 Å². The van der Waals surface area contributed by atoms with Crippen LogP contribution in [-0.2, 0) is 14.3 Å². The molecule has 2 unspecified atom stereocenters. The van der Waals surface area contributed by atoms with Gasteiger partial charge < -0.3 is 20.3 Å². The average Bonchev–Trinajstić information content (AvgIpc) is 3.28. The van der Waals surface area contributed by atoms with E-state index in [-0.39, 0.29) is 18.5 Å². The smallest absolute Gasteiger partial charge is 0.305 e. The van der Waals surface area contributed by atoms with E-state index in [0.717, 1.165) is 44.9 Å². The zero-order valence-corrected chi connectivity index (χ0v) is 42.6. The lowest BCUT2D eigenvalue weighted by atomic mass is 10.0. The summed E-state index contributed by atoms with van der Waals surface area (Å²) in [5.74, 6) is -0.0677. The van der Waals surface area contributed by atoms with E-state index in [2.05, 4.69) is 19.2 Å². The van der Waals surface area contributed by atoms with Crippen LogP contribution in [0.15, 0.2) is 12.2 Å². The summed E-state index contributed by atoms with van der Waals surface area (Å²) >= 11 is 0. The third-order valence-corrected chi connectivity index (χ3v) is 13.3. The fraction of sp³-hybridized carbons (Fsp3) is 0.930. The first-order valence-corrected chi connectivity index (χ1v) is 28.5.